The number of hydrogen-bond donors (Lipinski definition) is 1. The van der Waals surface area contributed by atoms with Crippen LogP contribution in [-0.2, 0) is 4.74 Å². The van der Waals surface area contributed by atoms with E-state index in [9.17, 15) is 0 Å². The fraction of sp³-hybridized carbons (Fsp3) is 0.833. The van der Waals surface area contributed by atoms with Crippen LogP contribution in [0.1, 0.15) is 19.3 Å². The summed E-state index contributed by atoms with van der Waals surface area (Å²) in [6, 6.07) is 0. The van der Waals surface area contributed by atoms with Gasteiger partial charge in [0.05, 0.1) is 12.3 Å². The fourth-order valence-electron chi connectivity index (χ4n) is 0.958. The summed E-state index contributed by atoms with van der Waals surface area (Å²) in [5.74, 6) is 0. The van der Waals surface area contributed by atoms with Crippen molar-refractivity contribution in [3.63, 3.8) is 0 Å². The van der Waals surface area contributed by atoms with E-state index in [4.69, 9.17) is 9.94 Å². The van der Waals surface area contributed by atoms with E-state index < -0.39 is 0 Å². The topological polar surface area (TPSA) is 41.8 Å². The fourth-order valence-corrected chi connectivity index (χ4v) is 0.958. The summed E-state index contributed by atoms with van der Waals surface area (Å²) in [6.07, 6.45) is 4.80. The highest BCUT2D eigenvalue weighted by Crippen LogP contribution is 2.10. The zero-order valence-corrected chi connectivity index (χ0v) is 5.29. The minimum atomic E-state index is 0.0590. The molecular formula is C6H11NO2. The molecule has 0 aromatic rings. The molecule has 0 aromatic carbocycles. The van der Waals surface area contributed by atoms with Gasteiger partial charge in [0.15, 0.2) is 0 Å². The molecule has 52 valence electrons. The second kappa shape index (κ2) is 3.45. The zero-order chi connectivity index (χ0) is 6.53. The third-order valence-electron chi connectivity index (χ3n) is 1.45. The molecule has 1 aliphatic rings. The maximum Gasteiger partial charge on any atom is 0.0959 e. The van der Waals surface area contributed by atoms with Crippen molar-refractivity contribution in [3.05, 3.63) is 0 Å². The molecule has 1 N–H and O–H groups in total. The van der Waals surface area contributed by atoms with Crippen LogP contribution in [0.25, 0.3) is 0 Å². The zero-order valence-electron chi connectivity index (χ0n) is 5.29. The molecule has 1 unspecified atom stereocenters. The first-order valence-corrected chi connectivity index (χ1v) is 3.22. The minimum Gasteiger partial charge on any atom is -0.411 e. The highest BCUT2D eigenvalue weighted by atomic mass is 16.5. The Morgan fingerprint density at radius 3 is 3.00 bits per heavy atom. The summed E-state index contributed by atoms with van der Waals surface area (Å²) >= 11 is 0. The average molecular weight is 129 g/mol. The summed E-state index contributed by atoms with van der Waals surface area (Å²) in [5, 5.41) is 11.0. The predicted molar refractivity (Wildman–Crippen MR) is 33.9 cm³/mol. The lowest BCUT2D eigenvalue weighted by atomic mass is 10.1. The molecule has 0 saturated carbocycles. The molecule has 1 heterocycles. The van der Waals surface area contributed by atoms with E-state index in [1.807, 2.05) is 0 Å². The largest absolute Gasteiger partial charge is 0.411 e. The third kappa shape index (κ3) is 2.01. The van der Waals surface area contributed by atoms with Crippen LogP contribution in [0.2, 0.25) is 0 Å². The maximum absolute atomic E-state index is 8.11. The van der Waals surface area contributed by atoms with Gasteiger partial charge in [-0.1, -0.05) is 5.16 Å². The van der Waals surface area contributed by atoms with Gasteiger partial charge in [0, 0.05) is 6.61 Å². The van der Waals surface area contributed by atoms with Crippen molar-refractivity contribution < 1.29 is 9.94 Å². The van der Waals surface area contributed by atoms with Crippen LogP contribution in [0.3, 0.4) is 0 Å². The summed E-state index contributed by atoms with van der Waals surface area (Å²) in [5.41, 5.74) is 0. The Hall–Kier alpha value is -0.570. The Kier molecular flexibility index (Phi) is 2.51. The van der Waals surface area contributed by atoms with Gasteiger partial charge in [-0.05, 0) is 19.3 Å². The number of rotatable bonds is 1. The summed E-state index contributed by atoms with van der Waals surface area (Å²) in [4.78, 5) is 0. The lowest BCUT2D eigenvalue weighted by molar-refractivity contribution is 0.0599. The number of oxime groups is 1. The molecule has 1 rings (SSSR count). The standard InChI is InChI=1S/C6H11NO2/c8-7-5-6-3-1-2-4-9-6/h5-6,8H,1-4H2/b7-5+. The van der Waals surface area contributed by atoms with Gasteiger partial charge in [0.25, 0.3) is 0 Å². The van der Waals surface area contributed by atoms with E-state index in [0.29, 0.717) is 0 Å². The van der Waals surface area contributed by atoms with Gasteiger partial charge < -0.3 is 9.94 Å². The first kappa shape index (κ1) is 6.55. The summed E-state index contributed by atoms with van der Waals surface area (Å²) < 4.78 is 5.21. The molecule has 3 heteroatoms. The van der Waals surface area contributed by atoms with Crippen LogP contribution in [0, 0.1) is 0 Å². The van der Waals surface area contributed by atoms with Crippen molar-refractivity contribution in [2.45, 2.75) is 25.4 Å². The van der Waals surface area contributed by atoms with Crippen LogP contribution in [0.5, 0.6) is 0 Å². The monoisotopic (exact) mass is 129 g/mol. The first-order chi connectivity index (χ1) is 4.43. The van der Waals surface area contributed by atoms with E-state index in [1.165, 1.54) is 12.6 Å². The summed E-state index contributed by atoms with van der Waals surface area (Å²) in [6.45, 7) is 0.802. The number of hydrogen-bond acceptors (Lipinski definition) is 3. The summed E-state index contributed by atoms with van der Waals surface area (Å²) in [7, 11) is 0. The Bertz CT molecular complexity index is 97.2. The van der Waals surface area contributed by atoms with Gasteiger partial charge in [-0.15, -0.1) is 0 Å². The van der Waals surface area contributed by atoms with Gasteiger partial charge >= 0.3 is 0 Å². The molecular weight excluding hydrogens is 118 g/mol. The Balaban J connectivity index is 2.23. The van der Waals surface area contributed by atoms with Gasteiger partial charge in [-0.25, -0.2) is 0 Å². The molecule has 0 aromatic heterocycles. The first-order valence-electron chi connectivity index (χ1n) is 3.22. The van der Waals surface area contributed by atoms with Crippen LogP contribution >= 0.6 is 0 Å². The molecule has 3 nitrogen and oxygen atoms in total. The normalized spacial score (nSPS) is 29.1. The molecule has 1 aliphatic heterocycles. The quantitative estimate of drug-likeness (QED) is 0.326. The van der Waals surface area contributed by atoms with Crippen LogP contribution < -0.4 is 0 Å². The molecule has 1 saturated heterocycles. The molecule has 0 amide bonds. The Labute approximate surface area is 54.3 Å². The van der Waals surface area contributed by atoms with Crippen molar-refractivity contribution >= 4 is 6.21 Å². The van der Waals surface area contributed by atoms with Gasteiger partial charge in [0.1, 0.15) is 0 Å². The van der Waals surface area contributed by atoms with Crippen molar-refractivity contribution in [3.8, 4) is 0 Å². The number of nitrogens with zero attached hydrogens (tertiary/aromatic N) is 1. The highest BCUT2D eigenvalue weighted by Gasteiger charge is 2.10. The second-order valence-corrected chi connectivity index (χ2v) is 2.17. The molecule has 9 heavy (non-hydrogen) atoms. The van der Waals surface area contributed by atoms with Crippen molar-refractivity contribution in [1.82, 2.24) is 0 Å². The van der Waals surface area contributed by atoms with Crippen molar-refractivity contribution in [2.24, 2.45) is 5.16 Å². The van der Waals surface area contributed by atoms with Crippen LogP contribution in [-0.4, -0.2) is 24.1 Å². The van der Waals surface area contributed by atoms with E-state index in [2.05, 4.69) is 5.16 Å². The van der Waals surface area contributed by atoms with Gasteiger partial charge in [-0.3, -0.25) is 0 Å². The van der Waals surface area contributed by atoms with Gasteiger partial charge in [0.2, 0.25) is 0 Å². The maximum atomic E-state index is 8.11. The lowest BCUT2D eigenvalue weighted by Crippen LogP contribution is -2.19. The van der Waals surface area contributed by atoms with E-state index >= 15 is 0 Å². The second-order valence-electron chi connectivity index (χ2n) is 2.17. The molecule has 1 fully saturated rings. The molecule has 0 aliphatic carbocycles. The van der Waals surface area contributed by atoms with E-state index in [1.54, 1.807) is 0 Å². The molecule has 0 bridgehead atoms. The smallest absolute Gasteiger partial charge is 0.0959 e. The minimum absolute atomic E-state index is 0.0590. The van der Waals surface area contributed by atoms with E-state index in [-0.39, 0.29) is 6.10 Å². The Morgan fingerprint density at radius 2 is 2.44 bits per heavy atom. The van der Waals surface area contributed by atoms with Crippen LogP contribution in [0.15, 0.2) is 5.16 Å². The van der Waals surface area contributed by atoms with Crippen LogP contribution in [0.4, 0.5) is 0 Å². The lowest BCUT2D eigenvalue weighted by Gasteiger charge is -2.17. The van der Waals surface area contributed by atoms with Crippen molar-refractivity contribution in [2.75, 3.05) is 6.61 Å². The van der Waals surface area contributed by atoms with Gasteiger partial charge in [-0.2, -0.15) is 0 Å². The number of ether oxygens (including phenoxy) is 1. The highest BCUT2D eigenvalue weighted by molar-refractivity contribution is 5.62. The molecule has 0 radical (unpaired) electrons. The van der Waals surface area contributed by atoms with Crippen molar-refractivity contribution in [1.29, 1.82) is 0 Å². The van der Waals surface area contributed by atoms with E-state index in [0.717, 1.165) is 19.4 Å². The Morgan fingerprint density at radius 1 is 1.56 bits per heavy atom. The predicted octanol–water partition coefficient (Wildman–Crippen LogP) is 1.02. The molecule has 1 atom stereocenters. The average Bonchev–Trinajstić information content (AvgIpc) is 1.91. The SMILES string of the molecule is O/N=C/C1CCCCO1. The molecule has 0 spiro atoms. The third-order valence-corrected chi connectivity index (χ3v) is 1.45.